The van der Waals surface area contributed by atoms with Gasteiger partial charge in [-0.15, -0.1) is 5.10 Å². The van der Waals surface area contributed by atoms with Crippen molar-refractivity contribution in [3.8, 4) is 0 Å². The van der Waals surface area contributed by atoms with E-state index in [2.05, 4.69) is 10.3 Å². The van der Waals surface area contributed by atoms with Crippen molar-refractivity contribution in [2.45, 2.75) is 39.7 Å². The van der Waals surface area contributed by atoms with Gasteiger partial charge >= 0.3 is 0 Å². The van der Waals surface area contributed by atoms with E-state index in [1.54, 1.807) is 4.90 Å². The van der Waals surface area contributed by atoms with Crippen LogP contribution < -0.4 is 0 Å². The average molecular weight is 390 g/mol. The number of ketones is 1. The van der Waals surface area contributed by atoms with Crippen LogP contribution in [0.15, 0.2) is 24.4 Å². The summed E-state index contributed by atoms with van der Waals surface area (Å²) in [6.07, 6.45) is 3.44. The number of halogens is 2. The quantitative estimate of drug-likeness (QED) is 0.760. The summed E-state index contributed by atoms with van der Waals surface area (Å²) < 4.78 is 28.8. The van der Waals surface area contributed by atoms with Crippen LogP contribution in [0.3, 0.4) is 0 Å². The molecule has 6 nitrogen and oxygen atoms in total. The SMILES string of the molecule is CC(C)CC(=O)[C@H]1CCCN(C(=O)c2cn(Cc3c(F)cccc3F)nn2)C1. The Bertz CT molecular complexity index is 845. The van der Waals surface area contributed by atoms with Crippen LogP contribution in [0, 0.1) is 23.5 Å². The highest BCUT2D eigenvalue weighted by atomic mass is 19.1. The highest BCUT2D eigenvalue weighted by Gasteiger charge is 2.30. The normalized spacial score (nSPS) is 17.2. The van der Waals surface area contributed by atoms with Crippen LogP contribution in [-0.2, 0) is 11.3 Å². The molecule has 2 aromatic rings. The van der Waals surface area contributed by atoms with Crippen molar-refractivity contribution in [1.29, 1.82) is 0 Å². The molecule has 2 heterocycles. The second-order valence-corrected chi connectivity index (χ2v) is 7.66. The lowest BCUT2D eigenvalue weighted by Gasteiger charge is -2.31. The van der Waals surface area contributed by atoms with Crippen LogP contribution in [-0.4, -0.2) is 44.7 Å². The number of likely N-dealkylation sites (tertiary alicyclic amines) is 1. The maximum Gasteiger partial charge on any atom is 0.276 e. The number of hydrogen-bond donors (Lipinski definition) is 0. The minimum absolute atomic E-state index is 0.105. The number of benzene rings is 1. The summed E-state index contributed by atoms with van der Waals surface area (Å²) in [5.74, 6) is -1.34. The van der Waals surface area contributed by atoms with Crippen LogP contribution in [0.25, 0.3) is 0 Å². The van der Waals surface area contributed by atoms with Crippen LogP contribution in [0.4, 0.5) is 8.78 Å². The number of amides is 1. The van der Waals surface area contributed by atoms with Gasteiger partial charge in [0.1, 0.15) is 17.4 Å². The van der Waals surface area contributed by atoms with Crippen molar-refractivity contribution in [2.75, 3.05) is 13.1 Å². The highest BCUT2D eigenvalue weighted by Crippen LogP contribution is 2.22. The topological polar surface area (TPSA) is 68.1 Å². The first-order valence-electron chi connectivity index (χ1n) is 9.50. The Morgan fingerprint density at radius 1 is 1.25 bits per heavy atom. The largest absolute Gasteiger partial charge is 0.336 e. The minimum atomic E-state index is -0.675. The molecule has 1 aliphatic rings. The standard InChI is InChI=1S/C20H24F2N4O2/c1-13(2)9-19(27)14-5-4-8-25(10-14)20(28)18-12-26(24-23-18)11-15-16(21)6-3-7-17(15)22/h3,6-7,12-14H,4-5,8-11H2,1-2H3/t14-/m0/s1. The van der Waals surface area contributed by atoms with E-state index in [1.165, 1.54) is 29.1 Å². The Hall–Kier alpha value is -2.64. The number of aromatic nitrogens is 3. The first kappa shape index (κ1) is 20.1. The molecule has 0 bridgehead atoms. The monoisotopic (exact) mass is 390 g/mol. The van der Waals surface area contributed by atoms with Gasteiger partial charge in [0.2, 0.25) is 0 Å². The predicted molar refractivity (Wildman–Crippen MR) is 98.6 cm³/mol. The maximum atomic E-state index is 13.8. The number of piperidine rings is 1. The summed E-state index contributed by atoms with van der Waals surface area (Å²) in [6.45, 7) is 4.77. The molecule has 0 radical (unpaired) electrons. The summed E-state index contributed by atoms with van der Waals surface area (Å²) in [4.78, 5) is 26.7. The second-order valence-electron chi connectivity index (χ2n) is 7.66. The van der Waals surface area contributed by atoms with Crippen molar-refractivity contribution < 1.29 is 18.4 Å². The molecular formula is C20H24F2N4O2. The number of Topliss-reactive ketones (excluding diaryl/α,β-unsaturated/α-hetero) is 1. The third-order valence-corrected chi connectivity index (χ3v) is 4.91. The van der Waals surface area contributed by atoms with Gasteiger partial charge in [-0.05, 0) is 30.9 Å². The van der Waals surface area contributed by atoms with Gasteiger partial charge in [0.15, 0.2) is 5.69 Å². The molecule has 3 rings (SSSR count). The molecule has 0 saturated carbocycles. The molecule has 1 aliphatic heterocycles. The van der Waals surface area contributed by atoms with Gasteiger partial charge in [-0.1, -0.05) is 25.1 Å². The van der Waals surface area contributed by atoms with Crippen LogP contribution in [0.2, 0.25) is 0 Å². The molecule has 1 amide bonds. The fraction of sp³-hybridized carbons (Fsp3) is 0.500. The molecule has 0 N–H and O–H groups in total. The summed E-state index contributed by atoms with van der Waals surface area (Å²) >= 11 is 0. The third kappa shape index (κ3) is 4.61. The molecule has 0 spiro atoms. The van der Waals surface area contributed by atoms with Gasteiger partial charge in [-0.2, -0.15) is 0 Å². The van der Waals surface area contributed by atoms with E-state index >= 15 is 0 Å². The van der Waals surface area contributed by atoms with Gasteiger partial charge in [0, 0.05) is 31.0 Å². The second kappa shape index (κ2) is 8.58. The number of carbonyl (C=O) groups is 2. The van der Waals surface area contributed by atoms with Gasteiger partial charge in [0.25, 0.3) is 5.91 Å². The smallest absolute Gasteiger partial charge is 0.276 e. The summed E-state index contributed by atoms with van der Waals surface area (Å²) in [7, 11) is 0. The number of nitrogens with zero attached hydrogens (tertiary/aromatic N) is 4. The number of hydrogen-bond acceptors (Lipinski definition) is 4. The molecule has 1 fully saturated rings. The zero-order chi connectivity index (χ0) is 20.3. The summed E-state index contributed by atoms with van der Waals surface area (Å²) in [5, 5.41) is 7.68. The number of rotatable bonds is 6. The van der Waals surface area contributed by atoms with E-state index in [-0.39, 0.29) is 41.3 Å². The summed E-state index contributed by atoms with van der Waals surface area (Å²) in [5.41, 5.74) is -0.0302. The Morgan fingerprint density at radius 3 is 2.64 bits per heavy atom. The van der Waals surface area contributed by atoms with Gasteiger partial charge in [-0.25, -0.2) is 13.5 Å². The molecule has 1 aromatic heterocycles. The van der Waals surface area contributed by atoms with Gasteiger partial charge in [-0.3, -0.25) is 9.59 Å². The Morgan fingerprint density at radius 2 is 1.96 bits per heavy atom. The molecule has 8 heteroatoms. The Labute approximate surface area is 162 Å². The first-order chi connectivity index (χ1) is 13.3. The predicted octanol–water partition coefficient (Wildman–Crippen LogP) is 3.07. The molecule has 0 aliphatic carbocycles. The highest BCUT2D eigenvalue weighted by molar-refractivity contribution is 5.92. The van der Waals surface area contributed by atoms with Gasteiger partial charge in [0.05, 0.1) is 12.7 Å². The fourth-order valence-corrected chi connectivity index (χ4v) is 3.47. The van der Waals surface area contributed by atoms with Crippen LogP contribution in [0.1, 0.15) is 49.2 Å². The van der Waals surface area contributed by atoms with E-state index < -0.39 is 11.6 Å². The van der Waals surface area contributed by atoms with E-state index in [9.17, 15) is 18.4 Å². The molecule has 28 heavy (non-hydrogen) atoms. The zero-order valence-corrected chi connectivity index (χ0v) is 16.1. The zero-order valence-electron chi connectivity index (χ0n) is 16.1. The Kier molecular flexibility index (Phi) is 6.16. The van der Waals surface area contributed by atoms with Crippen LogP contribution in [0.5, 0.6) is 0 Å². The molecular weight excluding hydrogens is 366 g/mol. The maximum absolute atomic E-state index is 13.8. The fourth-order valence-electron chi connectivity index (χ4n) is 3.47. The number of carbonyl (C=O) groups excluding carboxylic acids is 2. The van der Waals surface area contributed by atoms with E-state index in [4.69, 9.17) is 0 Å². The third-order valence-electron chi connectivity index (χ3n) is 4.91. The molecule has 0 unspecified atom stereocenters. The average Bonchev–Trinajstić information content (AvgIpc) is 3.12. The van der Waals surface area contributed by atoms with Crippen molar-refractivity contribution in [2.24, 2.45) is 11.8 Å². The van der Waals surface area contributed by atoms with Crippen LogP contribution >= 0.6 is 0 Å². The molecule has 1 atom stereocenters. The van der Waals surface area contributed by atoms with Gasteiger partial charge < -0.3 is 4.90 Å². The molecule has 1 aromatic carbocycles. The molecule has 1 saturated heterocycles. The lowest BCUT2D eigenvalue weighted by molar-refractivity contribution is -0.124. The Balaban J connectivity index is 1.67. The first-order valence-corrected chi connectivity index (χ1v) is 9.50. The van der Waals surface area contributed by atoms with Crippen molar-refractivity contribution >= 4 is 11.7 Å². The van der Waals surface area contributed by atoms with Crippen molar-refractivity contribution in [3.05, 3.63) is 47.3 Å². The minimum Gasteiger partial charge on any atom is -0.336 e. The molecule has 150 valence electrons. The lowest BCUT2D eigenvalue weighted by Crippen LogP contribution is -2.42. The summed E-state index contributed by atoms with van der Waals surface area (Å²) in [6, 6.07) is 3.63. The van der Waals surface area contributed by atoms with Crippen molar-refractivity contribution in [1.82, 2.24) is 19.9 Å². The lowest BCUT2D eigenvalue weighted by atomic mass is 9.89. The van der Waals surface area contributed by atoms with E-state index in [1.807, 2.05) is 13.8 Å². The van der Waals surface area contributed by atoms with Crippen molar-refractivity contribution in [3.63, 3.8) is 0 Å². The van der Waals surface area contributed by atoms with E-state index in [0.717, 1.165) is 12.8 Å². The van der Waals surface area contributed by atoms with E-state index in [0.29, 0.717) is 19.5 Å².